The van der Waals surface area contributed by atoms with Crippen LogP contribution in [0.4, 0.5) is 0 Å². The lowest BCUT2D eigenvalue weighted by Crippen LogP contribution is -2.41. The SMILES string of the molecule is CC(C)c1cc2n(n1)CC1=COC(C)(C)N1CC2.CC(C)c1cc2n(n1)Cc1cccn1CC2O.CC(C)c1cc2n(n1)Cc1nncn1CC2.Cc1ccc2n1CCc1cc(C(C)C)nn1C2. The van der Waals surface area contributed by atoms with Crippen LogP contribution in [-0.4, -0.2) is 85.3 Å². The van der Waals surface area contributed by atoms with Crippen molar-refractivity contribution in [3.63, 3.8) is 0 Å². The van der Waals surface area contributed by atoms with Gasteiger partial charge in [-0.3, -0.25) is 18.7 Å². The first-order chi connectivity index (χ1) is 32.5. The van der Waals surface area contributed by atoms with Crippen molar-refractivity contribution in [2.75, 3.05) is 6.54 Å². The van der Waals surface area contributed by atoms with E-state index in [1.54, 1.807) is 6.33 Å². The lowest BCUT2D eigenvalue weighted by atomic mass is 10.1. The van der Waals surface area contributed by atoms with Gasteiger partial charge in [0.2, 0.25) is 0 Å². The number of aliphatic hydroxyl groups excluding tert-OH is 1. The zero-order chi connectivity index (χ0) is 48.0. The molecule has 5 aliphatic heterocycles. The van der Waals surface area contributed by atoms with Gasteiger partial charge in [0, 0.05) is 79.3 Å². The minimum atomic E-state index is -0.469. The molecular formula is C52H72N14O2. The Balaban J connectivity index is 0.000000113. The van der Waals surface area contributed by atoms with Gasteiger partial charge in [-0.1, -0.05) is 55.4 Å². The van der Waals surface area contributed by atoms with Crippen LogP contribution in [-0.2, 0) is 69.8 Å². The molecule has 68 heavy (non-hydrogen) atoms. The topological polar surface area (TPSA) is 145 Å². The molecule has 0 spiro atoms. The van der Waals surface area contributed by atoms with Crippen LogP contribution in [0.2, 0.25) is 0 Å². The summed E-state index contributed by atoms with van der Waals surface area (Å²) in [4.78, 5) is 2.34. The zero-order valence-corrected chi connectivity index (χ0v) is 42.1. The highest BCUT2D eigenvalue weighted by molar-refractivity contribution is 5.24. The molecular weight excluding hydrogens is 853 g/mol. The van der Waals surface area contributed by atoms with Crippen LogP contribution in [0.1, 0.15) is 167 Å². The lowest BCUT2D eigenvalue weighted by molar-refractivity contribution is -0.0332. The fourth-order valence-corrected chi connectivity index (χ4v) is 9.65. The average Bonchev–Trinajstić information content (AvgIpc) is 4.18. The van der Waals surface area contributed by atoms with E-state index in [0.29, 0.717) is 30.2 Å². The lowest BCUT2D eigenvalue weighted by Gasteiger charge is -2.32. The summed E-state index contributed by atoms with van der Waals surface area (Å²) in [6.45, 7) is 30.6. The van der Waals surface area contributed by atoms with E-state index in [1.165, 1.54) is 56.9 Å². The molecule has 0 aliphatic carbocycles. The molecule has 12 rings (SSSR count). The Hall–Kier alpha value is -6.16. The van der Waals surface area contributed by atoms with Crippen LogP contribution in [0, 0.1) is 6.92 Å². The first-order valence-electron chi connectivity index (χ1n) is 24.8. The molecule has 0 aromatic carbocycles. The fraction of sp³-hybridized carbons (Fsp3) is 0.538. The van der Waals surface area contributed by atoms with E-state index in [1.807, 2.05) is 29.3 Å². The van der Waals surface area contributed by atoms with Gasteiger partial charge in [-0.15, -0.1) is 10.2 Å². The Kier molecular flexibility index (Phi) is 13.2. The minimum absolute atomic E-state index is 0.208. The largest absolute Gasteiger partial charge is 0.474 e. The number of nitrogens with zero attached hydrogens (tertiary/aromatic N) is 14. The number of aryl methyl sites for hydroxylation is 4. The van der Waals surface area contributed by atoms with Gasteiger partial charge < -0.3 is 28.4 Å². The van der Waals surface area contributed by atoms with Crippen molar-refractivity contribution in [2.24, 2.45) is 0 Å². The highest BCUT2D eigenvalue weighted by Crippen LogP contribution is 2.33. The molecule has 0 fully saturated rings. The van der Waals surface area contributed by atoms with Crippen LogP contribution in [0.25, 0.3) is 0 Å². The fourth-order valence-electron chi connectivity index (χ4n) is 9.65. The number of fused-ring (bicyclic) bond motifs is 8. The van der Waals surface area contributed by atoms with E-state index in [9.17, 15) is 5.11 Å². The number of allylic oxidation sites excluding steroid dienone is 1. The maximum Gasteiger partial charge on any atom is 0.176 e. The number of hydrogen-bond acceptors (Lipinski definition) is 9. The molecule has 0 saturated heterocycles. The second-order valence-electron chi connectivity index (χ2n) is 20.7. The van der Waals surface area contributed by atoms with Crippen LogP contribution >= 0.6 is 0 Å². The molecule has 7 aromatic heterocycles. The minimum Gasteiger partial charge on any atom is -0.474 e. The third-order valence-corrected chi connectivity index (χ3v) is 14.0. The van der Waals surface area contributed by atoms with Gasteiger partial charge in [0.25, 0.3) is 0 Å². The molecule has 16 heteroatoms. The van der Waals surface area contributed by atoms with Crippen LogP contribution < -0.4 is 0 Å². The third-order valence-electron chi connectivity index (χ3n) is 14.0. The Morgan fingerprint density at radius 3 is 1.82 bits per heavy atom. The maximum atomic E-state index is 10.2. The third kappa shape index (κ3) is 9.74. The van der Waals surface area contributed by atoms with E-state index < -0.39 is 6.10 Å². The van der Waals surface area contributed by atoms with Crippen molar-refractivity contribution in [3.8, 4) is 0 Å². The Bertz CT molecular complexity index is 2870. The smallest absolute Gasteiger partial charge is 0.176 e. The van der Waals surface area contributed by atoms with Crippen molar-refractivity contribution in [1.82, 2.24) is 67.9 Å². The van der Waals surface area contributed by atoms with Gasteiger partial charge in [0.15, 0.2) is 11.5 Å². The molecule has 0 bridgehead atoms. The van der Waals surface area contributed by atoms with Crippen LogP contribution in [0.3, 0.4) is 0 Å². The van der Waals surface area contributed by atoms with Crippen molar-refractivity contribution in [3.05, 3.63) is 141 Å². The predicted molar refractivity (Wildman–Crippen MR) is 262 cm³/mol. The van der Waals surface area contributed by atoms with Gasteiger partial charge in [0.05, 0.1) is 60.3 Å². The maximum absolute atomic E-state index is 10.2. The number of rotatable bonds is 4. The van der Waals surface area contributed by atoms with E-state index in [2.05, 4.69) is 166 Å². The molecule has 1 unspecified atom stereocenters. The van der Waals surface area contributed by atoms with Crippen molar-refractivity contribution in [1.29, 1.82) is 0 Å². The number of hydrogen-bond donors (Lipinski definition) is 1. The summed E-state index contributed by atoms with van der Waals surface area (Å²) in [5, 5.41) is 36.9. The Labute approximate surface area is 401 Å². The van der Waals surface area contributed by atoms with Crippen LogP contribution in [0.5, 0.6) is 0 Å². The van der Waals surface area contributed by atoms with Crippen molar-refractivity contribution >= 4 is 0 Å². The summed E-state index contributed by atoms with van der Waals surface area (Å²) in [6, 6.07) is 17.3. The second-order valence-corrected chi connectivity index (χ2v) is 20.7. The Morgan fingerprint density at radius 1 is 0.618 bits per heavy atom. The average molecular weight is 925 g/mol. The summed E-state index contributed by atoms with van der Waals surface area (Å²) >= 11 is 0. The van der Waals surface area contributed by atoms with Gasteiger partial charge >= 0.3 is 0 Å². The van der Waals surface area contributed by atoms with E-state index in [-0.39, 0.29) is 5.72 Å². The number of ether oxygens (including phenoxy) is 1. The van der Waals surface area contributed by atoms with E-state index in [4.69, 9.17) is 14.9 Å². The number of aliphatic hydroxyl groups is 1. The normalized spacial score (nSPS) is 17.4. The predicted octanol–water partition coefficient (Wildman–Crippen LogP) is 8.30. The molecule has 7 aromatic rings. The van der Waals surface area contributed by atoms with Gasteiger partial charge in [-0.2, -0.15) is 20.4 Å². The highest BCUT2D eigenvalue weighted by Gasteiger charge is 2.37. The summed E-state index contributed by atoms with van der Waals surface area (Å²) in [5.74, 6) is 2.89. The molecule has 0 amide bonds. The highest BCUT2D eigenvalue weighted by atomic mass is 16.5. The first kappa shape index (κ1) is 46.9. The van der Waals surface area contributed by atoms with Gasteiger partial charge in [-0.25, -0.2) is 0 Å². The van der Waals surface area contributed by atoms with Crippen LogP contribution in [0.15, 0.2) is 73.0 Å². The Morgan fingerprint density at radius 2 is 1.18 bits per heavy atom. The van der Waals surface area contributed by atoms with Gasteiger partial charge in [-0.05, 0) is 93.0 Å². The van der Waals surface area contributed by atoms with E-state index in [0.717, 1.165) is 82.3 Å². The molecule has 1 N–H and O–H groups in total. The van der Waals surface area contributed by atoms with Crippen molar-refractivity contribution < 1.29 is 9.84 Å². The molecule has 12 heterocycles. The molecule has 16 nitrogen and oxygen atoms in total. The second kappa shape index (κ2) is 19.1. The summed E-state index contributed by atoms with van der Waals surface area (Å²) in [6.07, 6.45) is 8.35. The monoisotopic (exact) mass is 925 g/mol. The van der Waals surface area contributed by atoms with Gasteiger partial charge in [0.1, 0.15) is 25.2 Å². The molecule has 1 atom stereocenters. The summed E-state index contributed by atoms with van der Waals surface area (Å²) in [7, 11) is 0. The molecule has 0 radical (unpaired) electrons. The molecule has 5 aliphatic rings. The number of aromatic nitrogens is 13. The zero-order valence-electron chi connectivity index (χ0n) is 42.1. The van der Waals surface area contributed by atoms with Crippen molar-refractivity contribution in [2.45, 2.75) is 177 Å². The molecule has 0 saturated carbocycles. The summed E-state index contributed by atoms with van der Waals surface area (Å²) < 4.78 is 20.6. The van der Waals surface area contributed by atoms with E-state index >= 15 is 0 Å². The molecule has 362 valence electrons. The first-order valence-corrected chi connectivity index (χ1v) is 24.8. The quantitative estimate of drug-likeness (QED) is 0.184. The standard InChI is InChI=1S/C14H21N3O.C14H19N3.C13H17N3O.C11H15N5/c1-10(2)13-7-11-5-6-16-12(8-17(11)15-13)9-18-14(16,3)4;1-10(2)14-8-12-6-7-16-11(3)4-5-13(16)9-17(12)15-14;1-9(2)11-6-12-13(17)8-15-5-3-4-10(15)7-16(12)14-11;1-8(2)10-5-9-3-4-15-7-12-13-11(15)6-16(9)14-10/h7,9-10H,5-6,8H2,1-4H3;4-5,8,10H,6-7,9H2,1-3H3;3-6,9,13,17H,7-8H2,1-2H3;5,7-8H,3-4,6H2,1-2H3. The summed E-state index contributed by atoms with van der Waals surface area (Å²) in [5.41, 5.74) is 14.5.